The fourth-order valence-corrected chi connectivity index (χ4v) is 2.22. The molecule has 0 aliphatic carbocycles. The van der Waals surface area contributed by atoms with Gasteiger partial charge in [0.1, 0.15) is 5.69 Å². The van der Waals surface area contributed by atoms with E-state index in [1.807, 2.05) is 24.8 Å². The summed E-state index contributed by atoms with van der Waals surface area (Å²) in [5.74, 6) is -0.0343. The van der Waals surface area contributed by atoms with E-state index in [-0.39, 0.29) is 12.2 Å². The van der Waals surface area contributed by atoms with E-state index >= 15 is 0 Å². The minimum absolute atomic E-state index is 0.0265. The first-order valence-electron chi connectivity index (χ1n) is 6.79. The fraction of sp³-hybridized carbons (Fsp3) is 0.500. The molecule has 0 aromatic heterocycles. The summed E-state index contributed by atoms with van der Waals surface area (Å²) in [5.41, 5.74) is 6.52. The molecule has 0 spiro atoms. The van der Waals surface area contributed by atoms with Crippen molar-refractivity contribution in [3.05, 3.63) is 33.9 Å². The van der Waals surface area contributed by atoms with E-state index in [1.165, 1.54) is 6.07 Å². The van der Waals surface area contributed by atoms with Gasteiger partial charge in [-0.25, -0.2) is 0 Å². The van der Waals surface area contributed by atoms with Crippen molar-refractivity contribution >= 4 is 17.3 Å². The molecule has 1 aromatic rings. The Bertz CT molecular complexity index is 517. The predicted octanol–water partition coefficient (Wildman–Crippen LogP) is 1.58. The molecule has 21 heavy (non-hydrogen) atoms. The summed E-state index contributed by atoms with van der Waals surface area (Å²) in [4.78, 5) is 23.6. The van der Waals surface area contributed by atoms with Crippen LogP contribution in [0.2, 0.25) is 0 Å². The molecule has 0 aliphatic rings. The number of primary amides is 1. The molecule has 7 heteroatoms. The molecule has 0 unspecified atom stereocenters. The first-order chi connectivity index (χ1) is 9.83. The van der Waals surface area contributed by atoms with Crippen molar-refractivity contribution in [3.8, 4) is 0 Å². The lowest BCUT2D eigenvalue weighted by Gasteiger charge is -2.22. The molecule has 0 bridgehead atoms. The number of benzene rings is 1. The van der Waals surface area contributed by atoms with Crippen LogP contribution >= 0.6 is 0 Å². The lowest BCUT2D eigenvalue weighted by molar-refractivity contribution is -0.384. The van der Waals surface area contributed by atoms with Gasteiger partial charge in [0.15, 0.2) is 0 Å². The molecule has 0 radical (unpaired) electrons. The zero-order valence-corrected chi connectivity index (χ0v) is 12.6. The van der Waals surface area contributed by atoms with Crippen molar-refractivity contribution in [1.82, 2.24) is 4.90 Å². The summed E-state index contributed by atoms with van der Waals surface area (Å²) in [6.45, 7) is 5.37. The number of carbonyl (C=O) groups excluding carboxylic acids is 1. The van der Waals surface area contributed by atoms with Crippen molar-refractivity contribution in [2.45, 2.75) is 20.4 Å². The topological polar surface area (TPSA) is 102 Å². The minimum atomic E-state index is -0.420. The third-order valence-corrected chi connectivity index (χ3v) is 2.94. The van der Waals surface area contributed by atoms with Gasteiger partial charge >= 0.3 is 0 Å². The van der Waals surface area contributed by atoms with E-state index in [9.17, 15) is 14.9 Å². The highest BCUT2D eigenvalue weighted by atomic mass is 16.6. The van der Waals surface area contributed by atoms with Gasteiger partial charge in [-0.2, -0.15) is 0 Å². The molecule has 0 saturated carbocycles. The number of anilines is 1. The average molecular weight is 294 g/mol. The van der Waals surface area contributed by atoms with Gasteiger partial charge < -0.3 is 11.1 Å². The number of nitrogens with zero attached hydrogens (tertiary/aromatic N) is 2. The van der Waals surface area contributed by atoms with Gasteiger partial charge in [-0.05, 0) is 17.5 Å². The predicted molar refractivity (Wildman–Crippen MR) is 82.0 cm³/mol. The van der Waals surface area contributed by atoms with Crippen molar-refractivity contribution in [3.63, 3.8) is 0 Å². The van der Waals surface area contributed by atoms with E-state index in [0.29, 0.717) is 24.7 Å². The second-order valence-corrected chi connectivity index (χ2v) is 5.39. The summed E-state index contributed by atoms with van der Waals surface area (Å²) < 4.78 is 0. The standard InChI is InChI=1S/C14H22N4O3/c1-10(2)7-17(9-14(15)19)8-11-4-5-12(16-3)13(6-11)18(20)21/h4-6,10,16H,7-9H2,1-3H3,(H2,15,19). The van der Waals surface area contributed by atoms with E-state index in [4.69, 9.17) is 5.73 Å². The van der Waals surface area contributed by atoms with Gasteiger partial charge in [-0.3, -0.25) is 19.8 Å². The van der Waals surface area contributed by atoms with Crippen LogP contribution in [0.4, 0.5) is 11.4 Å². The summed E-state index contributed by atoms with van der Waals surface area (Å²) in [7, 11) is 1.64. The van der Waals surface area contributed by atoms with Crippen LogP contribution in [-0.2, 0) is 11.3 Å². The SMILES string of the molecule is CNc1ccc(CN(CC(N)=O)CC(C)C)cc1[N+](=O)[O-]. The third-order valence-electron chi connectivity index (χ3n) is 2.94. The van der Waals surface area contributed by atoms with Crippen molar-refractivity contribution < 1.29 is 9.72 Å². The molecule has 1 amide bonds. The Labute approximate surface area is 124 Å². The average Bonchev–Trinajstić information content (AvgIpc) is 2.36. The number of hydrogen-bond donors (Lipinski definition) is 2. The lowest BCUT2D eigenvalue weighted by Crippen LogP contribution is -2.35. The van der Waals surface area contributed by atoms with Gasteiger partial charge in [0.2, 0.25) is 5.91 Å². The number of rotatable bonds is 8. The molecule has 1 aromatic carbocycles. The first-order valence-corrected chi connectivity index (χ1v) is 6.79. The number of nitrogens with one attached hydrogen (secondary N) is 1. The quantitative estimate of drug-likeness (QED) is 0.560. The number of nitro benzene ring substituents is 1. The zero-order chi connectivity index (χ0) is 16.0. The van der Waals surface area contributed by atoms with Gasteiger partial charge in [-0.15, -0.1) is 0 Å². The van der Waals surface area contributed by atoms with Crippen LogP contribution in [0, 0.1) is 16.0 Å². The van der Waals surface area contributed by atoms with Crippen molar-refractivity contribution in [2.24, 2.45) is 11.7 Å². The number of nitrogens with two attached hydrogens (primary N) is 1. The summed E-state index contributed by atoms with van der Waals surface area (Å²) in [6, 6.07) is 5.01. The molecule has 0 heterocycles. The maximum atomic E-state index is 11.1. The monoisotopic (exact) mass is 294 g/mol. The maximum absolute atomic E-state index is 11.1. The van der Waals surface area contributed by atoms with Crippen LogP contribution in [0.5, 0.6) is 0 Å². The molecule has 116 valence electrons. The van der Waals surface area contributed by atoms with E-state index in [2.05, 4.69) is 5.32 Å². The van der Waals surface area contributed by atoms with Crippen LogP contribution in [0.15, 0.2) is 18.2 Å². The molecular weight excluding hydrogens is 272 g/mol. The smallest absolute Gasteiger partial charge is 0.292 e. The molecule has 0 aliphatic heterocycles. The van der Waals surface area contributed by atoms with E-state index < -0.39 is 10.8 Å². The van der Waals surface area contributed by atoms with Gasteiger partial charge in [0, 0.05) is 26.2 Å². The molecular formula is C14H22N4O3. The zero-order valence-electron chi connectivity index (χ0n) is 12.6. The Morgan fingerprint density at radius 1 is 1.48 bits per heavy atom. The van der Waals surface area contributed by atoms with Crippen LogP contribution in [0.25, 0.3) is 0 Å². The Kier molecular flexibility index (Phi) is 6.10. The molecule has 1 rings (SSSR count). The van der Waals surface area contributed by atoms with Crippen LogP contribution in [0.1, 0.15) is 19.4 Å². The molecule has 0 saturated heterocycles. The highest BCUT2D eigenvalue weighted by Gasteiger charge is 2.16. The Hall–Kier alpha value is -2.15. The highest BCUT2D eigenvalue weighted by Crippen LogP contribution is 2.25. The molecule has 0 fully saturated rings. The molecule has 0 atom stereocenters. The largest absolute Gasteiger partial charge is 0.383 e. The summed E-state index contributed by atoms with van der Waals surface area (Å²) >= 11 is 0. The number of nitro groups is 1. The van der Waals surface area contributed by atoms with Crippen LogP contribution in [-0.4, -0.2) is 35.9 Å². The first kappa shape index (κ1) is 16.9. The van der Waals surface area contributed by atoms with Gasteiger partial charge in [0.05, 0.1) is 11.5 Å². The molecule has 7 nitrogen and oxygen atoms in total. The van der Waals surface area contributed by atoms with Crippen LogP contribution < -0.4 is 11.1 Å². The molecule has 3 N–H and O–H groups in total. The Morgan fingerprint density at radius 3 is 2.62 bits per heavy atom. The third kappa shape index (κ3) is 5.39. The second kappa shape index (κ2) is 7.58. The Balaban J connectivity index is 2.95. The number of amides is 1. The second-order valence-electron chi connectivity index (χ2n) is 5.39. The van der Waals surface area contributed by atoms with Gasteiger partial charge in [-0.1, -0.05) is 19.9 Å². The van der Waals surface area contributed by atoms with E-state index in [1.54, 1.807) is 13.1 Å². The normalized spacial score (nSPS) is 10.9. The van der Waals surface area contributed by atoms with Crippen molar-refractivity contribution in [2.75, 3.05) is 25.5 Å². The number of hydrogen-bond acceptors (Lipinski definition) is 5. The number of carbonyl (C=O) groups is 1. The highest BCUT2D eigenvalue weighted by molar-refractivity contribution is 5.75. The van der Waals surface area contributed by atoms with E-state index in [0.717, 1.165) is 5.56 Å². The summed E-state index contributed by atoms with van der Waals surface area (Å²) in [6.07, 6.45) is 0. The maximum Gasteiger partial charge on any atom is 0.292 e. The minimum Gasteiger partial charge on any atom is -0.383 e. The van der Waals surface area contributed by atoms with Gasteiger partial charge in [0.25, 0.3) is 5.69 Å². The fourth-order valence-electron chi connectivity index (χ4n) is 2.22. The van der Waals surface area contributed by atoms with Crippen LogP contribution in [0.3, 0.4) is 0 Å². The Morgan fingerprint density at radius 2 is 2.14 bits per heavy atom. The summed E-state index contributed by atoms with van der Waals surface area (Å²) in [5, 5.41) is 13.8. The lowest BCUT2D eigenvalue weighted by atomic mass is 10.1. The van der Waals surface area contributed by atoms with Crippen molar-refractivity contribution in [1.29, 1.82) is 0 Å².